The van der Waals surface area contributed by atoms with Crippen LogP contribution in [0, 0.1) is 5.92 Å². The highest BCUT2D eigenvalue weighted by molar-refractivity contribution is 5.94. The van der Waals surface area contributed by atoms with Crippen molar-refractivity contribution in [3.8, 4) is 5.75 Å². The quantitative estimate of drug-likeness (QED) is 0.867. The van der Waals surface area contributed by atoms with Gasteiger partial charge in [0, 0.05) is 24.4 Å². The van der Waals surface area contributed by atoms with Crippen molar-refractivity contribution in [2.45, 2.75) is 31.8 Å². The van der Waals surface area contributed by atoms with Gasteiger partial charge in [0.1, 0.15) is 5.75 Å². The number of amides is 1. The minimum absolute atomic E-state index is 0.0613. The van der Waals surface area contributed by atoms with Crippen LogP contribution >= 0.6 is 0 Å². The Morgan fingerprint density at radius 3 is 3.11 bits per heavy atom. The van der Waals surface area contributed by atoms with Crippen molar-refractivity contribution in [3.63, 3.8) is 0 Å². The summed E-state index contributed by atoms with van der Waals surface area (Å²) in [5.41, 5.74) is 1.78. The van der Waals surface area contributed by atoms with E-state index in [1.807, 2.05) is 12.1 Å². The van der Waals surface area contributed by atoms with Gasteiger partial charge in [-0.3, -0.25) is 4.79 Å². The van der Waals surface area contributed by atoms with Crippen LogP contribution in [0.5, 0.6) is 5.75 Å². The van der Waals surface area contributed by atoms with E-state index < -0.39 is 0 Å². The third-order valence-electron chi connectivity index (χ3n) is 4.10. The second-order valence-electron chi connectivity index (χ2n) is 5.39. The summed E-state index contributed by atoms with van der Waals surface area (Å²) in [4.78, 5) is 12.1. The average molecular weight is 261 g/mol. The van der Waals surface area contributed by atoms with Crippen molar-refractivity contribution < 1.29 is 14.6 Å². The van der Waals surface area contributed by atoms with Crippen molar-refractivity contribution in [2.75, 3.05) is 13.2 Å². The molecule has 1 aliphatic heterocycles. The molecule has 2 atom stereocenters. The summed E-state index contributed by atoms with van der Waals surface area (Å²) in [5, 5.41) is 12.7. The lowest BCUT2D eigenvalue weighted by Gasteiger charge is -2.15. The van der Waals surface area contributed by atoms with E-state index in [-0.39, 0.29) is 17.9 Å². The predicted octanol–water partition coefficient (Wildman–Crippen LogP) is 1.51. The van der Waals surface area contributed by atoms with E-state index in [0.29, 0.717) is 18.7 Å². The molecular formula is C15H19NO3. The molecule has 0 spiro atoms. The van der Waals surface area contributed by atoms with Gasteiger partial charge in [-0.25, -0.2) is 0 Å². The van der Waals surface area contributed by atoms with Crippen LogP contribution in [0.1, 0.15) is 35.2 Å². The van der Waals surface area contributed by atoms with Crippen LogP contribution < -0.4 is 10.1 Å². The molecule has 1 heterocycles. The summed E-state index contributed by atoms with van der Waals surface area (Å²) in [5.74, 6) is 1.04. The zero-order valence-corrected chi connectivity index (χ0v) is 10.9. The van der Waals surface area contributed by atoms with Crippen molar-refractivity contribution in [1.82, 2.24) is 5.32 Å². The van der Waals surface area contributed by atoms with Gasteiger partial charge >= 0.3 is 0 Å². The molecule has 0 saturated heterocycles. The lowest BCUT2D eigenvalue weighted by molar-refractivity contribution is 0.0916. The minimum Gasteiger partial charge on any atom is -0.493 e. The number of fused-ring (bicyclic) bond motifs is 1. The van der Waals surface area contributed by atoms with Gasteiger partial charge in [-0.1, -0.05) is 6.42 Å². The first-order valence-corrected chi connectivity index (χ1v) is 6.96. The molecule has 1 aromatic rings. The highest BCUT2D eigenvalue weighted by Gasteiger charge is 2.25. The molecule has 19 heavy (non-hydrogen) atoms. The van der Waals surface area contributed by atoms with E-state index in [9.17, 15) is 9.90 Å². The van der Waals surface area contributed by atoms with Gasteiger partial charge in [0.15, 0.2) is 0 Å². The molecule has 1 aliphatic carbocycles. The molecule has 4 nitrogen and oxygen atoms in total. The summed E-state index contributed by atoms with van der Waals surface area (Å²) in [6.45, 7) is 1.27. The molecule has 102 valence electrons. The van der Waals surface area contributed by atoms with Gasteiger partial charge in [0.2, 0.25) is 0 Å². The molecule has 1 fully saturated rings. The molecule has 1 saturated carbocycles. The smallest absolute Gasteiger partial charge is 0.251 e. The molecule has 1 amide bonds. The largest absolute Gasteiger partial charge is 0.493 e. The molecule has 1 aromatic carbocycles. The van der Waals surface area contributed by atoms with E-state index in [1.54, 1.807) is 6.07 Å². The van der Waals surface area contributed by atoms with E-state index in [0.717, 1.165) is 37.0 Å². The number of aliphatic hydroxyl groups is 1. The summed E-state index contributed by atoms with van der Waals surface area (Å²) in [7, 11) is 0. The number of aliphatic hydroxyl groups excluding tert-OH is 1. The van der Waals surface area contributed by atoms with Crippen LogP contribution in [0.3, 0.4) is 0 Å². The summed E-state index contributed by atoms with van der Waals surface area (Å²) in [6.07, 6.45) is 3.53. The van der Waals surface area contributed by atoms with E-state index in [1.165, 1.54) is 0 Å². The first kappa shape index (κ1) is 12.5. The highest BCUT2D eigenvalue weighted by atomic mass is 16.5. The summed E-state index contributed by atoms with van der Waals surface area (Å²) < 4.78 is 5.42. The number of ether oxygens (including phenoxy) is 1. The molecule has 2 aliphatic rings. The minimum atomic E-state index is -0.256. The van der Waals surface area contributed by atoms with Gasteiger partial charge in [-0.05, 0) is 36.6 Å². The number of carbonyl (C=O) groups is 1. The SMILES string of the molecule is O=C(NCC1CCCC1O)c1ccc2c(c1)CCO2. The zero-order chi connectivity index (χ0) is 13.2. The Bertz CT molecular complexity index is 486. The van der Waals surface area contributed by atoms with Crippen LogP contribution in [-0.4, -0.2) is 30.3 Å². The molecule has 2 N–H and O–H groups in total. The Balaban J connectivity index is 1.61. The molecule has 0 radical (unpaired) electrons. The van der Waals surface area contributed by atoms with Crippen molar-refractivity contribution in [3.05, 3.63) is 29.3 Å². The predicted molar refractivity (Wildman–Crippen MR) is 71.3 cm³/mol. The standard InChI is InChI=1S/C15H19NO3/c17-13-3-1-2-12(13)9-16-15(18)11-4-5-14-10(8-11)6-7-19-14/h4-5,8,12-13,17H,1-3,6-7,9H2,(H,16,18). The lowest BCUT2D eigenvalue weighted by atomic mass is 10.1. The van der Waals surface area contributed by atoms with Crippen LogP contribution in [0.2, 0.25) is 0 Å². The molecule has 4 heteroatoms. The number of nitrogens with one attached hydrogen (secondary N) is 1. The van der Waals surface area contributed by atoms with Crippen LogP contribution in [0.25, 0.3) is 0 Å². The molecular weight excluding hydrogens is 242 g/mol. The number of hydrogen-bond donors (Lipinski definition) is 2. The van der Waals surface area contributed by atoms with Crippen LogP contribution in [-0.2, 0) is 6.42 Å². The van der Waals surface area contributed by atoms with Crippen LogP contribution in [0.15, 0.2) is 18.2 Å². The maximum absolute atomic E-state index is 12.1. The normalized spacial score (nSPS) is 24.9. The Labute approximate surface area is 112 Å². The van der Waals surface area contributed by atoms with Crippen molar-refractivity contribution in [1.29, 1.82) is 0 Å². The third kappa shape index (κ3) is 2.59. The molecule has 0 aromatic heterocycles. The maximum Gasteiger partial charge on any atom is 0.251 e. The zero-order valence-electron chi connectivity index (χ0n) is 10.9. The second-order valence-corrected chi connectivity index (χ2v) is 5.39. The first-order valence-electron chi connectivity index (χ1n) is 6.96. The maximum atomic E-state index is 12.1. The Morgan fingerprint density at radius 2 is 2.32 bits per heavy atom. The fourth-order valence-electron chi connectivity index (χ4n) is 2.91. The van der Waals surface area contributed by atoms with Crippen molar-refractivity contribution >= 4 is 5.91 Å². The number of hydrogen-bond acceptors (Lipinski definition) is 3. The van der Waals surface area contributed by atoms with E-state index in [4.69, 9.17) is 4.74 Å². The van der Waals surface area contributed by atoms with Gasteiger partial charge in [-0.15, -0.1) is 0 Å². The summed E-state index contributed by atoms with van der Waals surface area (Å²) in [6, 6.07) is 5.56. The number of benzene rings is 1. The monoisotopic (exact) mass is 261 g/mol. The summed E-state index contributed by atoms with van der Waals surface area (Å²) >= 11 is 0. The first-order chi connectivity index (χ1) is 9.24. The lowest BCUT2D eigenvalue weighted by Crippen LogP contribution is -2.32. The molecule has 3 rings (SSSR count). The highest BCUT2D eigenvalue weighted by Crippen LogP contribution is 2.26. The topological polar surface area (TPSA) is 58.6 Å². The Morgan fingerprint density at radius 1 is 1.42 bits per heavy atom. The number of rotatable bonds is 3. The van der Waals surface area contributed by atoms with E-state index >= 15 is 0 Å². The van der Waals surface area contributed by atoms with Gasteiger partial charge in [0.05, 0.1) is 12.7 Å². The average Bonchev–Trinajstić information content (AvgIpc) is 3.03. The second kappa shape index (κ2) is 5.21. The Hall–Kier alpha value is -1.55. The Kier molecular flexibility index (Phi) is 3.42. The number of carbonyl (C=O) groups excluding carboxylic acids is 1. The third-order valence-corrected chi connectivity index (χ3v) is 4.10. The fraction of sp³-hybridized carbons (Fsp3) is 0.533. The fourth-order valence-corrected chi connectivity index (χ4v) is 2.91. The van der Waals surface area contributed by atoms with Gasteiger partial charge in [-0.2, -0.15) is 0 Å². The molecule has 2 unspecified atom stereocenters. The van der Waals surface area contributed by atoms with Crippen LogP contribution in [0.4, 0.5) is 0 Å². The van der Waals surface area contributed by atoms with Crippen molar-refractivity contribution in [2.24, 2.45) is 5.92 Å². The van der Waals surface area contributed by atoms with Gasteiger partial charge in [0.25, 0.3) is 5.91 Å². The van der Waals surface area contributed by atoms with Gasteiger partial charge < -0.3 is 15.2 Å². The van der Waals surface area contributed by atoms with E-state index in [2.05, 4.69) is 5.32 Å². The molecule has 0 bridgehead atoms.